The van der Waals surface area contributed by atoms with Crippen LogP contribution in [0.5, 0.6) is 5.75 Å². The van der Waals surface area contributed by atoms with E-state index in [-0.39, 0.29) is 16.2 Å². The largest absolute Gasteiger partial charge is 0.507 e. The fraction of sp³-hybridized carbons (Fsp3) is 0.133. The second-order valence-electron chi connectivity index (χ2n) is 4.37. The van der Waals surface area contributed by atoms with Crippen molar-refractivity contribution in [3.8, 4) is 5.75 Å². The fourth-order valence-electron chi connectivity index (χ4n) is 1.67. The molecule has 0 saturated carbocycles. The molecule has 23 heavy (non-hydrogen) atoms. The molecule has 0 spiro atoms. The predicted molar refractivity (Wildman–Crippen MR) is 82.7 cm³/mol. The van der Waals surface area contributed by atoms with Gasteiger partial charge in [0, 0.05) is 17.1 Å². The van der Waals surface area contributed by atoms with Gasteiger partial charge in [0.1, 0.15) is 10.6 Å². The highest BCUT2D eigenvalue weighted by Gasteiger charge is 2.13. The highest BCUT2D eigenvalue weighted by Crippen LogP contribution is 2.20. The highest BCUT2D eigenvalue weighted by molar-refractivity contribution is 7.12. The van der Waals surface area contributed by atoms with Crippen LogP contribution in [-0.4, -0.2) is 36.7 Å². The maximum atomic E-state index is 11.8. The van der Waals surface area contributed by atoms with Crippen molar-refractivity contribution >= 4 is 34.9 Å². The Hall–Kier alpha value is -2.87. The quantitative estimate of drug-likeness (QED) is 0.811. The molecule has 2 aromatic rings. The lowest BCUT2D eigenvalue weighted by molar-refractivity contribution is -0.119. The highest BCUT2D eigenvalue weighted by atomic mass is 32.1. The zero-order chi connectivity index (χ0) is 16.8. The Morgan fingerprint density at radius 2 is 2.00 bits per heavy atom. The minimum Gasteiger partial charge on any atom is -0.507 e. The minimum absolute atomic E-state index is 0.0361. The number of esters is 2. The SMILES string of the molecule is COC(=O)c1cccc(NC(=O)COC(=O)c2cc(O)cs2)c1. The lowest BCUT2D eigenvalue weighted by Crippen LogP contribution is -2.20. The van der Waals surface area contributed by atoms with E-state index in [1.165, 1.54) is 24.6 Å². The molecule has 7 nitrogen and oxygen atoms in total. The Kier molecular flexibility index (Phi) is 5.32. The van der Waals surface area contributed by atoms with Gasteiger partial charge in [-0.15, -0.1) is 11.3 Å². The first-order valence-corrected chi connectivity index (χ1v) is 7.30. The summed E-state index contributed by atoms with van der Waals surface area (Å²) >= 11 is 1.01. The smallest absolute Gasteiger partial charge is 0.348 e. The summed E-state index contributed by atoms with van der Waals surface area (Å²) in [6, 6.07) is 7.42. The second-order valence-corrected chi connectivity index (χ2v) is 5.28. The van der Waals surface area contributed by atoms with Crippen LogP contribution in [0.2, 0.25) is 0 Å². The van der Waals surface area contributed by atoms with E-state index in [2.05, 4.69) is 10.1 Å². The molecule has 0 aliphatic heterocycles. The molecule has 0 saturated heterocycles. The molecule has 8 heteroatoms. The van der Waals surface area contributed by atoms with Crippen LogP contribution in [-0.2, 0) is 14.3 Å². The van der Waals surface area contributed by atoms with Crippen molar-refractivity contribution in [3.05, 3.63) is 46.2 Å². The molecule has 0 unspecified atom stereocenters. The average molecular weight is 335 g/mol. The Morgan fingerprint density at radius 3 is 2.65 bits per heavy atom. The van der Waals surface area contributed by atoms with Gasteiger partial charge in [-0.25, -0.2) is 9.59 Å². The first-order valence-electron chi connectivity index (χ1n) is 6.42. The van der Waals surface area contributed by atoms with Crippen LogP contribution >= 0.6 is 11.3 Å². The van der Waals surface area contributed by atoms with E-state index in [0.717, 1.165) is 11.3 Å². The summed E-state index contributed by atoms with van der Waals surface area (Å²) in [6.07, 6.45) is 0. The number of thiophene rings is 1. The van der Waals surface area contributed by atoms with Gasteiger partial charge in [-0.2, -0.15) is 0 Å². The maximum absolute atomic E-state index is 11.8. The number of ether oxygens (including phenoxy) is 2. The van der Waals surface area contributed by atoms with Gasteiger partial charge in [0.15, 0.2) is 6.61 Å². The predicted octanol–water partition coefficient (Wildman–Crippen LogP) is 2.04. The number of aromatic hydroxyl groups is 1. The molecule has 0 aliphatic rings. The van der Waals surface area contributed by atoms with Gasteiger partial charge in [0.05, 0.1) is 12.7 Å². The van der Waals surface area contributed by atoms with Gasteiger partial charge >= 0.3 is 11.9 Å². The number of anilines is 1. The number of hydrogen-bond acceptors (Lipinski definition) is 7. The van der Waals surface area contributed by atoms with Gasteiger partial charge in [0.25, 0.3) is 5.91 Å². The number of carbonyl (C=O) groups excluding carboxylic acids is 3. The zero-order valence-electron chi connectivity index (χ0n) is 12.1. The summed E-state index contributed by atoms with van der Waals surface area (Å²) in [6.45, 7) is -0.486. The molecular formula is C15H13NO6S. The van der Waals surface area contributed by atoms with Crippen molar-refractivity contribution in [1.29, 1.82) is 0 Å². The monoisotopic (exact) mass is 335 g/mol. The first kappa shape index (κ1) is 16.5. The van der Waals surface area contributed by atoms with Gasteiger partial charge in [0.2, 0.25) is 0 Å². The van der Waals surface area contributed by atoms with E-state index in [4.69, 9.17) is 9.84 Å². The fourth-order valence-corrected chi connectivity index (χ4v) is 2.33. The van der Waals surface area contributed by atoms with Gasteiger partial charge in [-0.1, -0.05) is 6.07 Å². The van der Waals surface area contributed by atoms with E-state index in [1.807, 2.05) is 0 Å². The number of methoxy groups -OCH3 is 1. The van der Waals surface area contributed by atoms with Crippen molar-refractivity contribution in [3.63, 3.8) is 0 Å². The summed E-state index contributed by atoms with van der Waals surface area (Å²) in [7, 11) is 1.26. The van der Waals surface area contributed by atoms with Crippen molar-refractivity contribution in [2.45, 2.75) is 0 Å². The molecule has 0 bridgehead atoms. The summed E-state index contributed by atoms with van der Waals surface area (Å²) in [5.41, 5.74) is 0.666. The normalized spacial score (nSPS) is 9.96. The van der Waals surface area contributed by atoms with Crippen LogP contribution in [0.3, 0.4) is 0 Å². The van der Waals surface area contributed by atoms with Crippen LogP contribution in [0.15, 0.2) is 35.7 Å². The Balaban J connectivity index is 1.90. The molecule has 2 N–H and O–H groups in total. The molecule has 1 heterocycles. The number of benzene rings is 1. The van der Waals surface area contributed by atoms with E-state index < -0.39 is 24.5 Å². The summed E-state index contributed by atoms with van der Waals surface area (Å²) in [5.74, 6) is -1.81. The Labute approximate surface area is 135 Å². The second kappa shape index (κ2) is 7.41. The van der Waals surface area contributed by atoms with Crippen LogP contribution < -0.4 is 5.32 Å². The molecule has 0 fully saturated rings. The van der Waals surface area contributed by atoms with Crippen molar-refractivity contribution < 1.29 is 29.0 Å². The van der Waals surface area contributed by atoms with Crippen LogP contribution in [0, 0.1) is 0 Å². The van der Waals surface area contributed by atoms with Crippen LogP contribution in [0.4, 0.5) is 5.69 Å². The third-order valence-electron chi connectivity index (χ3n) is 2.69. The lowest BCUT2D eigenvalue weighted by atomic mass is 10.2. The molecule has 0 radical (unpaired) electrons. The van der Waals surface area contributed by atoms with Gasteiger partial charge < -0.3 is 19.9 Å². The lowest BCUT2D eigenvalue weighted by Gasteiger charge is -2.07. The third-order valence-corrected chi connectivity index (χ3v) is 3.59. The van der Waals surface area contributed by atoms with Gasteiger partial charge in [-0.3, -0.25) is 4.79 Å². The summed E-state index contributed by atoms with van der Waals surface area (Å²) in [4.78, 5) is 35.0. The maximum Gasteiger partial charge on any atom is 0.348 e. The molecular weight excluding hydrogens is 322 g/mol. The van der Waals surface area contributed by atoms with Crippen molar-refractivity contribution in [2.75, 3.05) is 19.0 Å². The third kappa shape index (κ3) is 4.55. The number of rotatable bonds is 5. The minimum atomic E-state index is -0.700. The Morgan fingerprint density at radius 1 is 1.22 bits per heavy atom. The molecule has 1 aromatic carbocycles. The first-order chi connectivity index (χ1) is 11.0. The van der Waals surface area contributed by atoms with E-state index >= 15 is 0 Å². The molecule has 1 amide bonds. The molecule has 2 rings (SSSR count). The standard InChI is InChI=1S/C15H13NO6S/c1-21-14(19)9-3-2-4-10(5-9)16-13(18)7-22-15(20)12-6-11(17)8-23-12/h2-6,8,17H,7H2,1H3,(H,16,18). The number of hydrogen-bond donors (Lipinski definition) is 2. The average Bonchev–Trinajstić information content (AvgIpc) is 2.98. The van der Waals surface area contributed by atoms with E-state index in [9.17, 15) is 14.4 Å². The number of amides is 1. The Bertz CT molecular complexity index is 739. The number of carbonyl (C=O) groups is 3. The molecule has 0 atom stereocenters. The molecule has 0 aliphatic carbocycles. The topological polar surface area (TPSA) is 102 Å². The van der Waals surface area contributed by atoms with Crippen LogP contribution in [0.1, 0.15) is 20.0 Å². The molecule has 1 aromatic heterocycles. The van der Waals surface area contributed by atoms with E-state index in [0.29, 0.717) is 5.69 Å². The van der Waals surface area contributed by atoms with Gasteiger partial charge in [-0.05, 0) is 18.2 Å². The summed E-state index contributed by atoms with van der Waals surface area (Å²) in [5, 5.41) is 13.0. The molecule has 120 valence electrons. The van der Waals surface area contributed by atoms with Crippen molar-refractivity contribution in [2.24, 2.45) is 0 Å². The van der Waals surface area contributed by atoms with Crippen LogP contribution in [0.25, 0.3) is 0 Å². The summed E-state index contributed by atoms with van der Waals surface area (Å²) < 4.78 is 9.42. The number of nitrogens with one attached hydrogen (secondary N) is 1. The van der Waals surface area contributed by atoms with E-state index in [1.54, 1.807) is 18.2 Å². The zero-order valence-corrected chi connectivity index (χ0v) is 12.9. The van der Waals surface area contributed by atoms with Crippen molar-refractivity contribution in [1.82, 2.24) is 0 Å².